The molecule has 0 unspecified atom stereocenters. The molecule has 0 saturated carbocycles. The minimum atomic E-state index is 0.958. The Bertz CT molecular complexity index is 891. The fraction of sp³-hybridized carbons (Fsp3) is 0. The predicted octanol–water partition coefficient (Wildman–Crippen LogP) is 3.48. The Morgan fingerprint density at radius 2 is 1.62 bits per heavy atom. The maximum atomic E-state index is 4.40. The fourth-order valence-electron chi connectivity index (χ4n) is 2.50. The highest BCUT2D eigenvalue weighted by atomic mass is 15.4. The summed E-state index contributed by atoms with van der Waals surface area (Å²) in [5.74, 6) is 0. The summed E-state index contributed by atoms with van der Waals surface area (Å²) in [6, 6.07) is 20.1. The van der Waals surface area contributed by atoms with Gasteiger partial charge in [-0.15, -0.1) is 5.10 Å². The summed E-state index contributed by atoms with van der Waals surface area (Å²) >= 11 is 0. The zero-order valence-electron chi connectivity index (χ0n) is 11.2. The van der Waals surface area contributed by atoms with Gasteiger partial charge in [0.25, 0.3) is 0 Å². The molecule has 21 heavy (non-hydrogen) atoms. The fourth-order valence-corrected chi connectivity index (χ4v) is 2.50. The lowest BCUT2D eigenvalue weighted by Crippen LogP contribution is -1.99. The first-order chi connectivity index (χ1) is 10.4. The van der Waals surface area contributed by atoms with Crippen molar-refractivity contribution in [1.82, 2.24) is 20.0 Å². The Morgan fingerprint density at radius 1 is 0.810 bits per heavy atom. The van der Waals surface area contributed by atoms with Crippen LogP contribution in [-0.4, -0.2) is 20.0 Å². The Morgan fingerprint density at radius 3 is 2.52 bits per heavy atom. The Kier molecular flexibility index (Phi) is 2.71. The number of para-hydroxylation sites is 2. The van der Waals surface area contributed by atoms with Crippen LogP contribution in [0.3, 0.4) is 0 Å². The van der Waals surface area contributed by atoms with E-state index in [1.165, 1.54) is 0 Å². The van der Waals surface area contributed by atoms with Crippen molar-refractivity contribution in [1.29, 1.82) is 0 Å². The third-order valence-electron chi connectivity index (χ3n) is 3.48. The van der Waals surface area contributed by atoms with Gasteiger partial charge in [0.2, 0.25) is 0 Å². The van der Waals surface area contributed by atoms with E-state index >= 15 is 0 Å². The van der Waals surface area contributed by atoms with Crippen LogP contribution in [0.1, 0.15) is 0 Å². The average molecular weight is 272 g/mol. The minimum Gasteiger partial charge on any atom is -0.256 e. The zero-order valence-corrected chi connectivity index (χ0v) is 11.2. The monoisotopic (exact) mass is 272 g/mol. The van der Waals surface area contributed by atoms with Crippen molar-refractivity contribution >= 4 is 10.9 Å². The van der Waals surface area contributed by atoms with Crippen molar-refractivity contribution in [3.63, 3.8) is 0 Å². The number of nitrogens with zero attached hydrogens (tertiary/aromatic N) is 4. The van der Waals surface area contributed by atoms with Gasteiger partial charge >= 0.3 is 0 Å². The highest BCUT2D eigenvalue weighted by Crippen LogP contribution is 2.27. The molecule has 0 saturated heterocycles. The molecule has 4 heteroatoms. The van der Waals surface area contributed by atoms with Gasteiger partial charge in [-0.25, -0.2) is 4.68 Å². The molecule has 0 N–H and O–H groups in total. The van der Waals surface area contributed by atoms with Gasteiger partial charge in [0.1, 0.15) is 0 Å². The lowest BCUT2D eigenvalue weighted by molar-refractivity contribution is 0.808. The molecule has 0 amide bonds. The Hall–Kier alpha value is -3.01. The van der Waals surface area contributed by atoms with Crippen molar-refractivity contribution in [2.45, 2.75) is 0 Å². The number of aromatic nitrogens is 4. The van der Waals surface area contributed by atoms with E-state index < -0.39 is 0 Å². The van der Waals surface area contributed by atoms with Crippen LogP contribution in [0.25, 0.3) is 27.8 Å². The molecule has 4 rings (SSSR count). The summed E-state index contributed by atoms with van der Waals surface area (Å²) in [6.07, 6.45) is 3.61. The smallest absolute Gasteiger partial charge is 0.0951 e. The lowest BCUT2D eigenvalue weighted by Gasteiger charge is -2.08. The van der Waals surface area contributed by atoms with Crippen molar-refractivity contribution < 1.29 is 0 Å². The third-order valence-corrected chi connectivity index (χ3v) is 3.48. The van der Waals surface area contributed by atoms with Gasteiger partial charge in [0, 0.05) is 17.1 Å². The molecule has 0 aliphatic carbocycles. The number of rotatable bonds is 2. The molecule has 2 aromatic carbocycles. The van der Waals surface area contributed by atoms with Crippen LogP contribution in [0.5, 0.6) is 0 Å². The lowest BCUT2D eigenvalue weighted by atomic mass is 10.1. The Balaban J connectivity index is 1.97. The number of hydrogen-bond donors (Lipinski definition) is 0. The first-order valence-corrected chi connectivity index (χ1v) is 6.74. The molecule has 0 bridgehead atoms. The molecular formula is C17H12N4. The first kappa shape index (κ1) is 11.8. The van der Waals surface area contributed by atoms with Crippen molar-refractivity contribution in [3.05, 3.63) is 73.1 Å². The quantitative estimate of drug-likeness (QED) is 0.561. The van der Waals surface area contributed by atoms with Crippen LogP contribution in [0, 0.1) is 0 Å². The van der Waals surface area contributed by atoms with E-state index in [0.29, 0.717) is 0 Å². The summed E-state index contributed by atoms with van der Waals surface area (Å²) in [6.45, 7) is 0. The molecule has 100 valence electrons. The second-order valence-electron chi connectivity index (χ2n) is 4.74. The molecule has 2 heterocycles. The van der Waals surface area contributed by atoms with Crippen molar-refractivity contribution in [2.75, 3.05) is 0 Å². The van der Waals surface area contributed by atoms with Crippen molar-refractivity contribution in [3.8, 4) is 16.9 Å². The maximum Gasteiger partial charge on any atom is 0.0951 e. The van der Waals surface area contributed by atoms with Gasteiger partial charge in [-0.05, 0) is 24.3 Å². The predicted molar refractivity (Wildman–Crippen MR) is 82.1 cm³/mol. The van der Waals surface area contributed by atoms with E-state index in [0.717, 1.165) is 27.8 Å². The highest BCUT2D eigenvalue weighted by Gasteiger charge is 2.11. The van der Waals surface area contributed by atoms with Gasteiger partial charge < -0.3 is 0 Å². The molecular weight excluding hydrogens is 260 g/mol. The third kappa shape index (κ3) is 1.97. The van der Waals surface area contributed by atoms with E-state index in [1.807, 2.05) is 65.5 Å². The number of pyridine rings is 1. The van der Waals surface area contributed by atoms with Gasteiger partial charge in [-0.2, -0.15) is 0 Å². The van der Waals surface area contributed by atoms with Crippen LogP contribution in [0.15, 0.2) is 73.1 Å². The van der Waals surface area contributed by atoms with Crippen LogP contribution in [0.4, 0.5) is 0 Å². The number of benzene rings is 2. The molecule has 0 atom stereocenters. The molecule has 4 nitrogen and oxygen atoms in total. The van der Waals surface area contributed by atoms with Gasteiger partial charge in [-0.3, -0.25) is 4.98 Å². The minimum absolute atomic E-state index is 0.958. The molecule has 0 spiro atoms. The van der Waals surface area contributed by atoms with E-state index in [9.17, 15) is 0 Å². The molecule has 4 aromatic rings. The molecule has 0 fully saturated rings. The first-order valence-electron chi connectivity index (χ1n) is 6.74. The van der Waals surface area contributed by atoms with Crippen LogP contribution < -0.4 is 0 Å². The van der Waals surface area contributed by atoms with Crippen LogP contribution >= 0.6 is 0 Å². The topological polar surface area (TPSA) is 43.6 Å². The van der Waals surface area contributed by atoms with E-state index in [2.05, 4.69) is 21.4 Å². The van der Waals surface area contributed by atoms with E-state index in [1.54, 1.807) is 6.20 Å². The summed E-state index contributed by atoms with van der Waals surface area (Å²) < 4.78 is 1.85. The van der Waals surface area contributed by atoms with Crippen LogP contribution in [-0.2, 0) is 0 Å². The van der Waals surface area contributed by atoms with Crippen LogP contribution in [0.2, 0.25) is 0 Å². The van der Waals surface area contributed by atoms with Gasteiger partial charge in [0.15, 0.2) is 0 Å². The highest BCUT2D eigenvalue weighted by molar-refractivity contribution is 5.93. The summed E-state index contributed by atoms with van der Waals surface area (Å²) in [4.78, 5) is 4.40. The van der Waals surface area contributed by atoms with Gasteiger partial charge in [-0.1, -0.05) is 41.6 Å². The number of hydrogen-bond acceptors (Lipinski definition) is 3. The number of fused-ring (bicyclic) bond motifs is 1. The standard InChI is InChI=1S/C17H12N4/c1-2-6-13(7-3-1)21-17(12-19-20-21)15-10-11-18-16-9-5-4-8-14(15)16/h1-12H. The molecule has 2 aromatic heterocycles. The van der Waals surface area contributed by atoms with E-state index in [-0.39, 0.29) is 0 Å². The largest absolute Gasteiger partial charge is 0.256 e. The Labute approximate surface area is 121 Å². The van der Waals surface area contributed by atoms with Crippen molar-refractivity contribution in [2.24, 2.45) is 0 Å². The second-order valence-corrected chi connectivity index (χ2v) is 4.74. The molecule has 0 aliphatic heterocycles. The molecule has 0 aliphatic rings. The summed E-state index contributed by atoms with van der Waals surface area (Å²) in [5, 5.41) is 9.39. The average Bonchev–Trinajstić information content (AvgIpc) is 3.04. The second kappa shape index (κ2) is 4.83. The summed E-state index contributed by atoms with van der Waals surface area (Å²) in [5.41, 5.74) is 4.00. The molecule has 0 radical (unpaired) electrons. The SMILES string of the molecule is c1ccc(-n2nncc2-c2ccnc3ccccc23)cc1. The van der Waals surface area contributed by atoms with Gasteiger partial charge in [0.05, 0.1) is 23.1 Å². The zero-order chi connectivity index (χ0) is 14.1. The summed E-state index contributed by atoms with van der Waals surface area (Å²) in [7, 11) is 0. The van der Waals surface area contributed by atoms with E-state index in [4.69, 9.17) is 0 Å². The normalized spacial score (nSPS) is 10.9. The maximum absolute atomic E-state index is 4.40.